The number of rotatable bonds is 2. The van der Waals surface area contributed by atoms with E-state index in [0.29, 0.717) is 26.6 Å². The average molecular weight is 321 g/mol. The summed E-state index contributed by atoms with van der Waals surface area (Å²) in [6.45, 7) is 0. The molecule has 0 aliphatic heterocycles. The van der Waals surface area contributed by atoms with E-state index in [2.05, 4.69) is 0 Å². The van der Waals surface area contributed by atoms with Crippen LogP contribution in [0.4, 0.5) is 0 Å². The lowest BCUT2D eigenvalue weighted by atomic mass is 10.1. The van der Waals surface area contributed by atoms with Gasteiger partial charge in [-0.05, 0) is 35.9 Å². The van der Waals surface area contributed by atoms with Crippen LogP contribution in [0.5, 0.6) is 5.75 Å². The fraction of sp³-hybridized carbons (Fsp3) is 0.0625. The lowest BCUT2D eigenvalue weighted by Crippen LogP contribution is -2.02. The molecule has 106 valence electrons. The van der Waals surface area contributed by atoms with E-state index in [9.17, 15) is 4.79 Å². The molecule has 5 heteroatoms. The lowest BCUT2D eigenvalue weighted by Gasteiger charge is -2.05. The molecule has 1 aromatic heterocycles. The van der Waals surface area contributed by atoms with E-state index in [1.165, 1.54) is 0 Å². The standard InChI is InChI=1S/C16H10Cl2O3/c1-20-12-4-2-9(3-5-12)13-7-10-6-11(17)8-14(18)15(10)21-16(13)19/h2-8H,1H3. The van der Waals surface area contributed by atoms with Crippen molar-refractivity contribution in [2.45, 2.75) is 0 Å². The third kappa shape index (κ3) is 2.62. The Bertz CT molecular complexity index is 867. The molecule has 0 radical (unpaired) electrons. The molecule has 0 atom stereocenters. The van der Waals surface area contributed by atoms with E-state index in [4.69, 9.17) is 32.4 Å². The second kappa shape index (κ2) is 5.43. The molecular weight excluding hydrogens is 311 g/mol. The van der Waals surface area contributed by atoms with Crippen molar-refractivity contribution in [1.29, 1.82) is 0 Å². The van der Waals surface area contributed by atoms with Crippen molar-refractivity contribution in [1.82, 2.24) is 0 Å². The molecule has 0 fully saturated rings. The van der Waals surface area contributed by atoms with E-state index in [0.717, 1.165) is 11.3 Å². The first-order chi connectivity index (χ1) is 10.1. The number of hydrogen-bond donors (Lipinski definition) is 0. The average Bonchev–Trinajstić information content (AvgIpc) is 2.48. The van der Waals surface area contributed by atoms with Crippen molar-refractivity contribution >= 4 is 34.2 Å². The summed E-state index contributed by atoms with van der Waals surface area (Å²) in [6, 6.07) is 12.1. The molecule has 0 saturated carbocycles. The third-order valence-corrected chi connectivity index (χ3v) is 3.65. The smallest absolute Gasteiger partial charge is 0.344 e. The number of ether oxygens (including phenoxy) is 1. The fourth-order valence-electron chi connectivity index (χ4n) is 2.13. The van der Waals surface area contributed by atoms with Crippen LogP contribution in [0.2, 0.25) is 10.0 Å². The minimum Gasteiger partial charge on any atom is -0.497 e. The quantitative estimate of drug-likeness (QED) is 0.638. The number of hydrogen-bond acceptors (Lipinski definition) is 3. The van der Waals surface area contributed by atoms with Crippen LogP contribution in [0.15, 0.2) is 51.7 Å². The molecule has 3 aromatic rings. The topological polar surface area (TPSA) is 39.4 Å². The van der Waals surface area contributed by atoms with Crippen molar-refractivity contribution in [3.8, 4) is 16.9 Å². The number of fused-ring (bicyclic) bond motifs is 1. The van der Waals surface area contributed by atoms with Crippen LogP contribution < -0.4 is 10.4 Å². The first kappa shape index (κ1) is 14.0. The van der Waals surface area contributed by atoms with Gasteiger partial charge in [-0.15, -0.1) is 0 Å². The Morgan fingerprint density at radius 2 is 1.76 bits per heavy atom. The Morgan fingerprint density at radius 3 is 2.43 bits per heavy atom. The first-order valence-electron chi connectivity index (χ1n) is 6.16. The van der Waals surface area contributed by atoms with Crippen LogP contribution in [-0.4, -0.2) is 7.11 Å². The van der Waals surface area contributed by atoms with Gasteiger partial charge in [0.1, 0.15) is 5.75 Å². The molecule has 0 saturated heterocycles. The summed E-state index contributed by atoms with van der Waals surface area (Å²) in [6.07, 6.45) is 0. The van der Waals surface area contributed by atoms with Crippen molar-refractivity contribution < 1.29 is 9.15 Å². The van der Waals surface area contributed by atoms with Crippen molar-refractivity contribution in [2.75, 3.05) is 7.11 Å². The summed E-state index contributed by atoms with van der Waals surface area (Å²) in [7, 11) is 1.59. The molecular formula is C16H10Cl2O3. The zero-order valence-electron chi connectivity index (χ0n) is 11.0. The molecule has 0 unspecified atom stereocenters. The molecule has 2 aromatic carbocycles. The van der Waals surface area contributed by atoms with Crippen molar-refractivity contribution in [3.63, 3.8) is 0 Å². The van der Waals surface area contributed by atoms with Gasteiger partial charge >= 0.3 is 5.63 Å². The van der Waals surface area contributed by atoms with Gasteiger partial charge in [0.2, 0.25) is 0 Å². The van der Waals surface area contributed by atoms with E-state index < -0.39 is 5.63 Å². The van der Waals surface area contributed by atoms with Gasteiger partial charge < -0.3 is 9.15 Å². The lowest BCUT2D eigenvalue weighted by molar-refractivity contribution is 0.415. The van der Waals surface area contributed by atoms with E-state index in [1.54, 1.807) is 49.6 Å². The second-order valence-electron chi connectivity index (χ2n) is 4.48. The highest BCUT2D eigenvalue weighted by Crippen LogP contribution is 2.29. The highest BCUT2D eigenvalue weighted by molar-refractivity contribution is 6.38. The van der Waals surface area contributed by atoms with Crippen molar-refractivity contribution in [3.05, 3.63) is 62.9 Å². The van der Waals surface area contributed by atoms with Crippen LogP contribution >= 0.6 is 23.2 Å². The van der Waals surface area contributed by atoms with Gasteiger partial charge in [-0.3, -0.25) is 0 Å². The highest BCUT2D eigenvalue weighted by atomic mass is 35.5. The van der Waals surface area contributed by atoms with Gasteiger partial charge in [0.05, 0.1) is 17.7 Å². The van der Waals surface area contributed by atoms with Gasteiger partial charge in [-0.1, -0.05) is 35.3 Å². The van der Waals surface area contributed by atoms with Gasteiger partial charge in [0, 0.05) is 10.4 Å². The largest absolute Gasteiger partial charge is 0.497 e. The molecule has 21 heavy (non-hydrogen) atoms. The van der Waals surface area contributed by atoms with Crippen LogP contribution in [0.3, 0.4) is 0 Å². The highest BCUT2D eigenvalue weighted by Gasteiger charge is 2.11. The molecule has 1 heterocycles. The summed E-state index contributed by atoms with van der Waals surface area (Å²) in [4.78, 5) is 12.1. The maximum atomic E-state index is 12.1. The van der Waals surface area contributed by atoms with Crippen LogP contribution in [-0.2, 0) is 0 Å². The zero-order chi connectivity index (χ0) is 15.0. The van der Waals surface area contributed by atoms with Crippen LogP contribution in [0.25, 0.3) is 22.1 Å². The third-order valence-electron chi connectivity index (χ3n) is 3.15. The first-order valence-corrected chi connectivity index (χ1v) is 6.91. The SMILES string of the molecule is COc1ccc(-c2cc3cc(Cl)cc(Cl)c3oc2=O)cc1. The summed E-state index contributed by atoms with van der Waals surface area (Å²) in [5.74, 6) is 0.718. The van der Waals surface area contributed by atoms with Gasteiger partial charge in [0.25, 0.3) is 0 Å². The summed E-state index contributed by atoms with van der Waals surface area (Å²) >= 11 is 12.0. The maximum Gasteiger partial charge on any atom is 0.344 e. The predicted molar refractivity (Wildman–Crippen MR) is 84.5 cm³/mol. The van der Waals surface area contributed by atoms with Crippen molar-refractivity contribution in [2.24, 2.45) is 0 Å². The molecule has 3 rings (SSSR count). The Kier molecular flexibility index (Phi) is 3.62. The molecule has 0 N–H and O–H groups in total. The zero-order valence-corrected chi connectivity index (χ0v) is 12.5. The summed E-state index contributed by atoms with van der Waals surface area (Å²) in [5.41, 5.74) is 1.08. The molecule has 0 bridgehead atoms. The van der Waals surface area contributed by atoms with Gasteiger partial charge in [-0.2, -0.15) is 0 Å². The summed E-state index contributed by atoms with van der Waals surface area (Å²) < 4.78 is 10.4. The Balaban J connectivity index is 2.22. The molecule has 0 amide bonds. The van der Waals surface area contributed by atoms with Crippen LogP contribution in [0.1, 0.15) is 0 Å². The molecule has 0 aliphatic carbocycles. The Hall–Kier alpha value is -1.97. The second-order valence-corrected chi connectivity index (χ2v) is 5.33. The van der Waals surface area contributed by atoms with E-state index in [1.807, 2.05) is 0 Å². The minimum absolute atomic E-state index is 0.316. The Labute approximate surface area is 130 Å². The number of benzene rings is 2. The molecule has 3 nitrogen and oxygen atoms in total. The minimum atomic E-state index is -0.447. The van der Waals surface area contributed by atoms with Gasteiger partial charge in [-0.25, -0.2) is 4.79 Å². The molecule has 0 spiro atoms. The predicted octanol–water partition coefficient (Wildman–Crippen LogP) is 4.78. The number of methoxy groups -OCH3 is 1. The van der Waals surface area contributed by atoms with E-state index in [-0.39, 0.29) is 0 Å². The van der Waals surface area contributed by atoms with Gasteiger partial charge in [0.15, 0.2) is 5.58 Å². The van der Waals surface area contributed by atoms with E-state index >= 15 is 0 Å². The fourth-order valence-corrected chi connectivity index (χ4v) is 2.68. The monoisotopic (exact) mass is 320 g/mol. The maximum absolute atomic E-state index is 12.1. The summed E-state index contributed by atoms with van der Waals surface area (Å²) in [5, 5.41) is 1.48. The Morgan fingerprint density at radius 1 is 1.05 bits per heavy atom. The number of halogens is 2. The molecule has 0 aliphatic rings. The normalized spacial score (nSPS) is 10.8. The van der Waals surface area contributed by atoms with Crippen LogP contribution in [0, 0.1) is 0 Å².